The summed E-state index contributed by atoms with van der Waals surface area (Å²) in [6.07, 6.45) is 6.27. The highest BCUT2D eigenvalue weighted by molar-refractivity contribution is 6.00. The van der Waals surface area contributed by atoms with Gasteiger partial charge in [-0.3, -0.25) is 4.98 Å². The fraction of sp³-hybridized carbons (Fsp3) is 0.500. The summed E-state index contributed by atoms with van der Waals surface area (Å²) in [6.45, 7) is 9.31. The molecule has 1 saturated heterocycles. The molecule has 0 unspecified atom stereocenters. The summed E-state index contributed by atoms with van der Waals surface area (Å²) in [6, 6.07) is 6.18. The molecule has 0 aliphatic carbocycles. The molecule has 2 aromatic rings. The Morgan fingerprint density at radius 3 is 2.48 bits per heavy atom. The Hall–Kier alpha value is -1.77. The molecule has 0 bridgehead atoms. The molecule has 1 fully saturated rings. The molecule has 1 aromatic carbocycles. The van der Waals surface area contributed by atoms with Crippen LogP contribution in [-0.2, 0) is 0 Å². The molecule has 3 nitrogen and oxygen atoms in total. The van der Waals surface area contributed by atoms with Crippen LogP contribution in [0.3, 0.4) is 0 Å². The van der Waals surface area contributed by atoms with Crippen LogP contribution >= 0.6 is 0 Å². The first-order valence-electron chi connectivity index (χ1n) is 7.84. The molecule has 1 aliphatic rings. The lowest BCUT2D eigenvalue weighted by Gasteiger charge is -2.40. The number of nitrogens with two attached hydrogens (primary N) is 1. The third-order valence-corrected chi connectivity index (χ3v) is 4.89. The predicted octanol–water partition coefficient (Wildman–Crippen LogP) is 4.08. The average molecular weight is 283 g/mol. The largest absolute Gasteiger partial charge is 0.398 e. The Labute approximate surface area is 127 Å². The van der Waals surface area contributed by atoms with Gasteiger partial charge < -0.3 is 10.6 Å². The van der Waals surface area contributed by atoms with Gasteiger partial charge in [-0.05, 0) is 42.4 Å². The molecule has 112 valence electrons. The Bertz CT molecular complexity index is 634. The zero-order chi connectivity index (χ0) is 15.0. The maximum absolute atomic E-state index is 6.09. The first-order valence-corrected chi connectivity index (χ1v) is 7.84. The number of hydrogen-bond acceptors (Lipinski definition) is 3. The highest BCUT2D eigenvalue weighted by atomic mass is 15.1. The molecule has 21 heavy (non-hydrogen) atoms. The number of benzene rings is 1. The highest BCUT2D eigenvalue weighted by Gasteiger charge is 2.29. The van der Waals surface area contributed by atoms with E-state index in [2.05, 4.69) is 36.7 Å². The topological polar surface area (TPSA) is 42.1 Å². The van der Waals surface area contributed by atoms with Gasteiger partial charge in [0.2, 0.25) is 0 Å². The quantitative estimate of drug-likeness (QED) is 0.802. The zero-order valence-corrected chi connectivity index (χ0v) is 13.3. The van der Waals surface area contributed by atoms with Gasteiger partial charge in [0.15, 0.2) is 0 Å². The summed E-state index contributed by atoms with van der Waals surface area (Å²) < 4.78 is 0. The second kappa shape index (κ2) is 5.21. The number of fused-ring (bicyclic) bond motifs is 1. The second-order valence-electron chi connectivity index (χ2n) is 7.22. The van der Waals surface area contributed by atoms with E-state index in [1.54, 1.807) is 0 Å². The maximum atomic E-state index is 6.09. The Morgan fingerprint density at radius 1 is 1.10 bits per heavy atom. The van der Waals surface area contributed by atoms with Gasteiger partial charge in [0.05, 0.1) is 0 Å². The summed E-state index contributed by atoms with van der Waals surface area (Å²) >= 11 is 0. The van der Waals surface area contributed by atoms with Gasteiger partial charge >= 0.3 is 0 Å². The molecule has 1 aliphatic heterocycles. The van der Waals surface area contributed by atoms with Crippen LogP contribution in [0.5, 0.6) is 0 Å². The fourth-order valence-electron chi connectivity index (χ4n) is 3.46. The summed E-state index contributed by atoms with van der Waals surface area (Å²) in [5.41, 5.74) is 8.61. The lowest BCUT2D eigenvalue weighted by Crippen LogP contribution is -2.38. The fourth-order valence-corrected chi connectivity index (χ4v) is 3.46. The van der Waals surface area contributed by atoms with Crippen LogP contribution in [0.2, 0.25) is 0 Å². The van der Waals surface area contributed by atoms with E-state index in [9.17, 15) is 0 Å². The molecule has 0 amide bonds. The lowest BCUT2D eigenvalue weighted by atomic mass is 9.75. The van der Waals surface area contributed by atoms with Crippen LogP contribution in [0.15, 0.2) is 30.6 Å². The number of rotatable bonds is 1. The molecule has 0 saturated carbocycles. The minimum Gasteiger partial charge on any atom is -0.398 e. The molecule has 0 spiro atoms. The monoisotopic (exact) mass is 283 g/mol. The Balaban J connectivity index is 1.88. The van der Waals surface area contributed by atoms with Crippen molar-refractivity contribution in [2.45, 2.75) is 33.6 Å². The van der Waals surface area contributed by atoms with Gasteiger partial charge in [0.25, 0.3) is 0 Å². The smallest absolute Gasteiger partial charge is 0.0463 e. The van der Waals surface area contributed by atoms with Crippen molar-refractivity contribution in [3.63, 3.8) is 0 Å². The highest BCUT2D eigenvalue weighted by Crippen LogP contribution is 2.37. The van der Waals surface area contributed by atoms with Gasteiger partial charge in [-0.15, -0.1) is 0 Å². The van der Waals surface area contributed by atoms with Crippen LogP contribution in [0.1, 0.15) is 33.6 Å². The minimum absolute atomic E-state index is 0.414. The summed E-state index contributed by atoms with van der Waals surface area (Å²) in [5, 5.41) is 2.28. The van der Waals surface area contributed by atoms with Crippen molar-refractivity contribution in [1.82, 2.24) is 4.98 Å². The Morgan fingerprint density at radius 2 is 1.81 bits per heavy atom. The van der Waals surface area contributed by atoms with Crippen molar-refractivity contribution in [2.24, 2.45) is 11.3 Å². The number of nitrogens with zero attached hydrogens (tertiary/aromatic N) is 2. The van der Waals surface area contributed by atoms with E-state index in [4.69, 9.17) is 5.73 Å². The van der Waals surface area contributed by atoms with Gasteiger partial charge in [-0.25, -0.2) is 0 Å². The van der Waals surface area contributed by atoms with Gasteiger partial charge in [-0.1, -0.05) is 20.8 Å². The summed E-state index contributed by atoms with van der Waals surface area (Å²) in [4.78, 5) is 6.77. The molecular formula is C18H25N3. The van der Waals surface area contributed by atoms with E-state index in [0.29, 0.717) is 5.41 Å². The molecule has 3 heteroatoms. The van der Waals surface area contributed by atoms with Crippen LogP contribution in [0.25, 0.3) is 10.8 Å². The summed E-state index contributed by atoms with van der Waals surface area (Å²) in [5.74, 6) is 0.812. The van der Waals surface area contributed by atoms with Crippen molar-refractivity contribution >= 4 is 22.1 Å². The molecule has 3 rings (SSSR count). The van der Waals surface area contributed by atoms with Crippen molar-refractivity contribution in [2.75, 3.05) is 23.7 Å². The van der Waals surface area contributed by atoms with Crippen molar-refractivity contribution in [1.29, 1.82) is 0 Å². The third kappa shape index (κ3) is 2.69. The Kier molecular flexibility index (Phi) is 3.52. The van der Waals surface area contributed by atoms with Gasteiger partial charge in [-0.2, -0.15) is 0 Å². The average Bonchev–Trinajstić information content (AvgIpc) is 2.47. The lowest BCUT2D eigenvalue weighted by molar-refractivity contribution is 0.199. The van der Waals surface area contributed by atoms with Crippen LogP contribution in [0.4, 0.5) is 11.4 Å². The van der Waals surface area contributed by atoms with Crippen molar-refractivity contribution < 1.29 is 0 Å². The van der Waals surface area contributed by atoms with Crippen molar-refractivity contribution in [3.8, 4) is 0 Å². The summed E-state index contributed by atoms with van der Waals surface area (Å²) in [7, 11) is 0. The van der Waals surface area contributed by atoms with Crippen LogP contribution in [0, 0.1) is 11.3 Å². The normalized spacial score (nSPS) is 17.4. The number of anilines is 2. The van der Waals surface area contributed by atoms with E-state index < -0.39 is 0 Å². The van der Waals surface area contributed by atoms with E-state index in [1.807, 2.05) is 24.5 Å². The predicted molar refractivity (Wildman–Crippen MR) is 90.5 cm³/mol. The second-order valence-corrected chi connectivity index (χ2v) is 7.22. The number of piperidine rings is 1. The molecule has 2 N–H and O–H groups in total. The number of aromatic nitrogens is 1. The molecule has 0 radical (unpaired) electrons. The number of pyridine rings is 1. The SMILES string of the molecule is CC(C)(C)C1CCN(c2ccc(N)c3ccncc23)CC1. The molecule has 0 atom stereocenters. The van der Waals surface area contributed by atoms with E-state index in [1.165, 1.54) is 23.9 Å². The first-order chi connectivity index (χ1) is 9.97. The van der Waals surface area contributed by atoms with Crippen LogP contribution in [-0.4, -0.2) is 18.1 Å². The van der Waals surface area contributed by atoms with Crippen molar-refractivity contribution in [3.05, 3.63) is 30.6 Å². The third-order valence-electron chi connectivity index (χ3n) is 4.89. The molecular weight excluding hydrogens is 258 g/mol. The van der Waals surface area contributed by atoms with E-state index in [0.717, 1.165) is 30.1 Å². The standard InChI is InChI=1S/C18H25N3/c1-18(2,3)13-7-10-21(11-8-13)17-5-4-16(19)14-6-9-20-12-15(14)17/h4-6,9,12-13H,7-8,10-11,19H2,1-3H3. The number of nitrogen functional groups attached to an aromatic ring is 1. The molecule has 2 heterocycles. The first kappa shape index (κ1) is 14.2. The zero-order valence-electron chi connectivity index (χ0n) is 13.3. The van der Waals surface area contributed by atoms with E-state index >= 15 is 0 Å². The van der Waals surface area contributed by atoms with Gasteiger partial charge in [0, 0.05) is 47.6 Å². The van der Waals surface area contributed by atoms with Crippen LogP contribution < -0.4 is 10.6 Å². The number of hydrogen-bond donors (Lipinski definition) is 1. The molecule has 1 aromatic heterocycles. The van der Waals surface area contributed by atoms with E-state index in [-0.39, 0.29) is 0 Å². The van der Waals surface area contributed by atoms with Gasteiger partial charge in [0.1, 0.15) is 0 Å². The minimum atomic E-state index is 0.414. The maximum Gasteiger partial charge on any atom is 0.0463 e.